The lowest BCUT2D eigenvalue weighted by molar-refractivity contribution is -0.145. The van der Waals surface area contributed by atoms with Gasteiger partial charge in [0.25, 0.3) is 11.5 Å². The largest absolute Gasteiger partial charge is 0.466 e. The van der Waals surface area contributed by atoms with E-state index in [-0.39, 0.29) is 0 Å². The maximum absolute atomic E-state index is 13.3. The third-order valence-corrected chi connectivity index (χ3v) is 4.65. The molecule has 0 saturated carbocycles. The molecule has 0 amide bonds. The fourth-order valence-corrected chi connectivity index (χ4v) is 3.34. The smallest absolute Gasteiger partial charge is 0.351 e. The Morgan fingerprint density at radius 1 is 1.08 bits per heavy atom. The van der Waals surface area contributed by atoms with E-state index in [9.17, 15) is 9.59 Å². The Morgan fingerprint density at radius 2 is 1.76 bits per heavy atom. The van der Waals surface area contributed by atoms with Crippen molar-refractivity contribution < 1.29 is 19.1 Å². The molecule has 4 rings (SSSR count). The van der Waals surface area contributed by atoms with Gasteiger partial charge in [0.2, 0.25) is 0 Å². The molecule has 2 aromatic carbocycles. The normalized spacial score (nSPS) is 21.9. The number of esters is 1. The minimum atomic E-state index is -1.63. The van der Waals surface area contributed by atoms with Gasteiger partial charge >= 0.3 is 5.97 Å². The van der Waals surface area contributed by atoms with E-state index >= 15 is 0 Å². The van der Waals surface area contributed by atoms with Crippen LogP contribution in [0.5, 0.6) is 0 Å². The number of carbonyl (C=O) groups excluding carboxylic acids is 2. The van der Waals surface area contributed by atoms with Gasteiger partial charge in [-0.15, -0.1) is 0 Å². The number of carbonyl (C=O) groups is 2. The first kappa shape index (κ1) is 15.6. The van der Waals surface area contributed by atoms with Crippen molar-refractivity contribution in [1.82, 2.24) is 4.57 Å². The summed E-state index contributed by atoms with van der Waals surface area (Å²) in [4.78, 5) is 25.7. The number of hydrogen-bond acceptors (Lipinski definition) is 4. The molecule has 2 atom stereocenters. The third-order valence-electron chi connectivity index (χ3n) is 4.65. The number of para-hydroxylation sites is 1. The predicted octanol–water partition coefficient (Wildman–Crippen LogP) is 3.27. The van der Waals surface area contributed by atoms with E-state index in [1.54, 1.807) is 6.20 Å². The Kier molecular flexibility index (Phi) is 3.47. The fraction of sp³-hybridized carbons (Fsp3) is 0.200. The van der Waals surface area contributed by atoms with Crippen LogP contribution in [0.25, 0.3) is 10.9 Å². The summed E-state index contributed by atoms with van der Waals surface area (Å²) in [5, 5.41) is 0.966. The van der Waals surface area contributed by atoms with Gasteiger partial charge < -0.3 is 9.47 Å². The number of fused-ring (bicyclic) bond motifs is 1. The van der Waals surface area contributed by atoms with Gasteiger partial charge in [-0.1, -0.05) is 48.5 Å². The topological polar surface area (TPSA) is 60.8 Å². The van der Waals surface area contributed by atoms with Crippen molar-refractivity contribution in [1.29, 1.82) is 0 Å². The first-order valence-electron chi connectivity index (χ1n) is 8.02. The Labute approximate surface area is 144 Å². The van der Waals surface area contributed by atoms with Crippen LogP contribution < -0.4 is 0 Å². The molecule has 1 saturated heterocycles. The molecule has 5 nitrogen and oxygen atoms in total. The molecule has 0 spiro atoms. The van der Waals surface area contributed by atoms with Gasteiger partial charge in [-0.2, -0.15) is 0 Å². The molecule has 5 heteroatoms. The quantitative estimate of drug-likeness (QED) is 0.419. The molecule has 3 aromatic rings. The maximum Gasteiger partial charge on any atom is 0.351 e. The highest BCUT2D eigenvalue weighted by Gasteiger charge is 2.70. The van der Waals surface area contributed by atoms with Crippen LogP contribution in [0, 0.1) is 6.92 Å². The van der Waals surface area contributed by atoms with E-state index in [4.69, 9.17) is 9.47 Å². The van der Waals surface area contributed by atoms with E-state index < -0.39 is 23.6 Å². The second kappa shape index (κ2) is 5.57. The summed E-state index contributed by atoms with van der Waals surface area (Å²) in [5.41, 5.74) is 0.843. The van der Waals surface area contributed by atoms with Crippen molar-refractivity contribution in [2.24, 2.45) is 0 Å². The zero-order chi connectivity index (χ0) is 17.6. The first-order valence-corrected chi connectivity index (χ1v) is 8.02. The van der Waals surface area contributed by atoms with Crippen LogP contribution in [0.2, 0.25) is 0 Å². The van der Waals surface area contributed by atoms with Gasteiger partial charge in [0.15, 0.2) is 0 Å². The number of benzene rings is 2. The van der Waals surface area contributed by atoms with Crippen molar-refractivity contribution in [3.05, 3.63) is 71.9 Å². The second-order valence-electron chi connectivity index (χ2n) is 6.14. The molecule has 1 aliphatic rings. The molecule has 0 radical (unpaired) electrons. The lowest BCUT2D eigenvalue weighted by Crippen LogP contribution is -2.39. The van der Waals surface area contributed by atoms with Gasteiger partial charge in [0.1, 0.15) is 6.10 Å². The molecular formula is C20H17NO4. The minimum absolute atomic E-state index is 0.433. The third kappa shape index (κ3) is 2.20. The van der Waals surface area contributed by atoms with Crippen molar-refractivity contribution in [2.75, 3.05) is 7.11 Å². The average Bonchev–Trinajstić information content (AvgIpc) is 3.34. The number of nitrogens with zero attached hydrogens (tertiary/aromatic N) is 1. The summed E-state index contributed by atoms with van der Waals surface area (Å²) < 4.78 is 12.1. The van der Waals surface area contributed by atoms with E-state index in [0.717, 1.165) is 22.0 Å². The van der Waals surface area contributed by atoms with Gasteiger partial charge in [-0.25, -0.2) is 4.79 Å². The van der Waals surface area contributed by atoms with Crippen LogP contribution in [0.3, 0.4) is 0 Å². The highest BCUT2D eigenvalue weighted by molar-refractivity contribution is 6.13. The van der Waals surface area contributed by atoms with Crippen LogP contribution in [0.4, 0.5) is 0 Å². The number of rotatable bonds is 3. The molecule has 1 aromatic heterocycles. The molecule has 25 heavy (non-hydrogen) atoms. The maximum atomic E-state index is 13.3. The lowest BCUT2D eigenvalue weighted by atomic mass is 9.98. The first-order chi connectivity index (χ1) is 12.1. The summed E-state index contributed by atoms with van der Waals surface area (Å²) in [6, 6.07) is 16.8. The van der Waals surface area contributed by atoms with E-state index in [1.165, 1.54) is 11.7 Å². The second-order valence-corrected chi connectivity index (χ2v) is 6.14. The van der Waals surface area contributed by atoms with Crippen molar-refractivity contribution in [3.63, 3.8) is 0 Å². The van der Waals surface area contributed by atoms with E-state index in [0.29, 0.717) is 0 Å². The molecule has 1 aliphatic heterocycles. The SMILES string of the molecule is COC(=O)C1(C(=O)n2cc(C)c3ccccc32)OC1c1ccccc1. The van der Waals surface area contributed by atoms with Crippen molar-refractivity contribution in [2.45, 2.75) is 18.6 Å². The van der Waals surface area contributed by atoms with Crippen LogP contribution in [0.15, 0.2) is 60.8 Å². The van der Waals surface area contributed by atoms with Crippen LogP contribution >= 0.6 is 0 Å². The van der Waals surface area contributed by atoms with Gasteiger partial charge in [-0.05, 0) is 24.1 Å². The van der Waals surface area contributed by atoms with Crippen LogP contribution in [-0.4, -0.2) is 29.2 Å². The van der Waals surface area contributed by atoms with E-state index in [1.807, 2.05) is 61.5 Å². The monoisotopic (exact) mass is 335 g/mol. The zero-order valence-corrected chi connectivity index (χ0v) is 13.9. The Bertz CT molecular complexity index is 976. The average molecular weight is 335 g/mol. The molecule has 1 fully saturated rings. The fourth-order valence-electron chi connectivity index (χ4n) is 3.34. The molecule has 2 unspecified atom stereocenters. The number of ether oxygens (including phenoxy) is 2. The Morgan fingerprint density at radius 3 is 2.48 bits per heavy atom. The Balaban J connectivity index is 1.81. The van der Waals surface area contributed by atoms with Crippen LogP contribution in [0.1, 0.15) is 22.0 Å². The van der Waals surface area contributed by atoms with Crippen LogP contribution in [-0.2, 0) is 14.3 Å². The summed E-state index contributed by atoms with van der Waals surface area (Å²) in [5.74, 6) is -1.11. The molecule has 2 heterocycles. The van der Waals surface area contributed by atoms with Gasteiger partial charge in [0, 0.05) is 11.6 Å². The van der Waals surface area contributed by atoms with Gasteiger partial charge in [-0.3, -0.25) is 9.36 Å². The summed E-state index contributed by atoms with van der Waals surface area (Å²) in [6.45, 7) is 1.93. The zero-order valence-electron chi connectivity index (χ0n) is 13.9. The minimum Gasteiger partial charge on any atom is -0.466 e. The number of epoxide rings is 1. The predicted molar refractivity (Wildman–Crippen MR) is 92.3 cm³/mol. The van der Waals surface area contributed by atoms with Crippen molar-refractivity contribution in [3.8, 4) is 0 Å². The summed E-state index contributed by atoms with van der Waals surface area (Å²) >= 11 is 0. The van der Waals surface area contributed by atoms with Gasteiger partial charge in [0.05, 0.1) is 12.6 Å². The molecule has 126 valence electrons. The van der Waals surface area contributed by atoms with Crippen molar-refractivity contribution >= 4 is 22.8 Å². The number of methoxy groups -OCH3 is 1. The summed E-state index contributed by atoms with van der Waals surface area (Å²) in [7, 11) is 1.26. The highest BCUT2D eigenvalue weighted by atomic mass is 16.7. The number of aromatic nitrogens is 1. The number of hydrogen-bond donors (Lipinski definition) is 0. The summed E-state index contributed by atoms with van der Waals surface area (Å²) in [6.07, 6.45) is 1.09. The highest BCUT2D eigenvalue weighted by Crippen LogP contribution is 2.51. The van der Waals surface area contributed by atoms with E-state index in [2.05, 4.69) is 0 Å². The lowest BCUT2D eigenvalue weighted by Gasteiger charge is -2.11. The number of aryl methyl sites for hydroxylation is 1. The standard InChI is InChI=1S/C20H17NO4/c1-13-12-21(16-11-7-6-10-15(13)16)18(22)20(19(23)24-2)17(25-20)14-8-4-3-5-9-14/h3-12,17H,1-2H3. The molecular weight excluding hydrogens is 318 g/mol. The molecule has 0 bridgehead atoms. The molecule has 0 aliphatic carbocycles. The molecule has 0 N–H and O–H groups in total. The Hall–Kier alpha value is -2.92.